The number of amides is 1. The van der Waals surface area contributed by atoms with Crippen LogP contribution in [0.3, 0.4) is 0 Å². The van der Waals surface area contributed by atoms with Gasteiger partial charge < -0.3 is 33.7 Å². The Bertz CT molecular complexity index is 1080. The first-order valence-electron chi connectivity index (χ1n) is 15.1. The Kier molecular flexibility index (Phi) is 11.6. The van der Waals surface area contributed by atoms with Crippen LogP contribution in [0.1, 0.15) is 58.8 Å². The lowest BCUT2D eigenvalue weighted by atomic mass is 9.90. The van der Waals surface area contributed by atoms with E-state index in [9.17, 15) is 14.7 Å². The topological polar surface area (TPSA) is 107 Å². The highest BCUT2D eigenvalue weighted by molar-refractivity contribution is 5.82. The van der Waals surface area contributed by atoms with Crippen molar-refractivity contribution in [2.75, 3.05) is 20.7 Å². The number of carbonyl (C=O) groups excluding carboxylic acids is 2. The third kappa shape index (κ3) is 9.93. The van der Waals surface area contributed by atoms with E-state index in [0.717, 1.165) is 31.3 Å². The van der Waals surface area contributed by atoms with Gasteiger partial charge in [-0.1, -0.05) is 61.1 Å². The number of fused-ring (bicyclic) bond motifs is 3. The van der Waals surface area contributed by atoms with E-state index in [1.807, 2.05) is 25.2 Å². The number of hydrogen-bond acceptors (Lipinski definition) is 8. The Balaban J connectivity index is 1.51. The van der Waals surface area contributed by atoms with Gasteiger partial charge in [0.05, 0.1) is 31.0 Å². The molecule has 0 saturated carbocycles. The molecule has 9 nitrogen and oxygen atoms in total. The maximum Gasteiger partial charge on any atom is 0.409 e. The van der Waals surface area contributed by atoms with Crippen LogP contribution in [0.15, 0.2) is 60.3 Å². The molecule has 0 aliphatic carbocycles. The van der Waals surface area contributed by atoms with Crippen molar-refractivity contribution < 1.29 is 38.4 Å². The first kappa shape index (κ1) is 32.2. The third-order valence-corrected chi connectivity index (χ3v) is 8.04. The molecule has 0 aromatic heterocycles. The summed E-state index contributed by atoms with van der Waals surface area (Å²) in [5.74, 6) is -0.216. The fourth-order valence-corrected chi connectivity index (χ4v) is 5.77. The monoisotopic (exact) mass is 585 g/mol. The molecule has 1 fully saturated rings. The van der Waals surface area contributed by atoms with Gasteiger partial charge in [0.1, 0.15) is 24.4 Å². The average Bonchev–Trinajstić information content (AvgIpc) is 3.69. The van der Waals surface area contributed by atoms with Gasteiger partial charge in [0.15, 0.2) is 0 Å². The van der Waals surface area contributed by atoms with E-state index in [2.05, 4.69) is 19.6 Å². The van der Waals surface area contributed by atoms with Crippen molar-refractivity contribution in [1.82, 2.24) is 4.90 Å². The highest BCUT2D eigenvalue weighted by atomic mass is 16.6. The minimum absolute atomic E-state index is 0.0827. The number of nitrogens with zero attached hydrogens (tertiary/aromatic N) is 1. The standard InChI is InChI=1S/C33H47NO8/c1-21-14-15-38-25(17-21)12-13-27(35)28-20-30-32(41-30)29(42-33(37)34(4)5)19-23(3)16-22(2)18-26-10-6-8-24(39-26)9-7-11-31(36)40-28/h6-8,11-14,22,24-30,32,35H,3,9-10,15-20H2,1-2,4-5H3/b11-7-,13-12+/t22-,24-,25+,26-,27-,28-,29-,30-,32-/m0/s1. The van der Waals surface area contributed by atoms with E-state index in [0.29, 0.717) is 25.4 Å². The molecule has 1 N–H and O–H groups in total. The second-order valence-electron chi connectivity index (χ2n) is 12.3. The molecule has 9 heteroatoms. The van der Waals surface area contributed by atoms with Crippen LogP contribution in [-0.4, -0.2) is 91.6 Å². The first-order chi connectivity index (χ1) is 20.1. The fraction of sp³-hybridized carbons (Fsp3) is 0.636. The largest absolute Gasteiger partial charge is 0.456 e. The Hall–Kier alpha value is -2.72. The number of carbonyl (C=O) groups is 2. The number of rotatable bonds is 4. The summed E-state index contributed by atoms with van der Waals surface area (Å²) in [4.78, 5) is 26.7. The lowest BCUT2D eigenvalue weighted by Crippen LogP contribution is -2.34. The van der Waals surface area contributed by atoms with Crippen molar-refractivity contribution in [3.63, 3.8) is 0 Å². The Labute approximate surface area is 249 Å². The van der Waals surface area contributed by atoms with Crippen LogP contribution in [-0.2, 0) is 28.5 Å². The summed E-state index contributed by atoms with van der Waals surface area (Å²) in [5, 5.41) is 11.1. The molecule has 0 aromatic rings. The molecule has 9 atom stereocenters. The second kappa shape index (κ2) is 15.1. The summed E-state index contributed by atoms with van der Waals surface area (Å²) in [7, 11) is 3.27. The zero-order valence-corrected chi connectivity index (χ0v) is 25.4. The molecule has 0 radical (unpaired) electrons. The van der Waals surface area contributed by atoms with Gasteiger partial charge in [0.2, 0.25) is 0 Å². The molecular formula is C33H47NO8. The maximum absolute atomic E-state index is 12.8. The fourth-order valence-electron chi connectivity index (χ4n) is 5.77. The van der Waals surface area contributed by atoms with Gasteiger partial charge in [-0.2, -0.15) is 0 Å². The van der Waals surface area contributed by atoms with Crippen LogP contribution < -0.4 is 0 Å². The zero-order valence-electron chi connectivity index (χ0n) is 25.4. The van der Waals surface area contributed by atoms with Gasteiger partial charge >= 0.3 is 12.1 Å². The smallest absolute Gasteiger partial charge is 0.409 e. The van der Waals surface area contributed by atoms with Crippen molar-refractivity contribution in [2.45, 2.75) is 108 Å². The van der Waals surface area contributed by atoms with E-state index in [1.165, 1.54) is 16.5 Å². The summed E-state index contributed by atoms with van der Waals surface area (Å²) < 4.78 is 29.6. The Morgan fingerprint density at radius 1 is 1.17 bits per heavy atom. The number of epoxide rings is 1. The van der Waals surface area contributed by atoms with Crippen LogP contribution in [0, 0.1) is 5.92 Å². The van der Waals surface area contributed by atoms with Crippen molar-refractivity contribution in [2.24, 2.45) is 5.92 Å². The van der Waals surface area contributed by atoms with E-state index in [-0.39, 0.29) is 30.8 Å². The van der Waals surface area contributed by atoms with E-state index >= 15 is 0 Å². The quantitative estimate of drug-likeness (QED) is 0.285. The lowest BCUT2D eigenvalue weighted by molar-refractivity contribution is -0.148. The van der Waals surface area contributed by atoms with Crippen molar-refractivity contribution in [3.8, 4) is 0 Å². The molecule has 0 spiro atoms. The number of aliphatic hydroxyl groups is 1. The average molecular weight is 586 g/mol. The SMILES string of the molecule is C=C1C[C@H](C)C[C@@H]2CC=C[C@@H](C/C=C\C(=O)O[C@H]([C@@H](O)/C=C/[C@@H]3CC(C)=CCO3)C[C@@H]3O[C@H]3[C@@H](OC(=O)N(C)C)C1)O2. The molecule has 2 bridgehead atoms. The molecule has 0 unspecified atom stereocenters. The van der Waals surface area contributed by atoms with Crippen molar-refractivity contribution in [3.05, 3.63) is 60.3 Å². The van der Waals surface area contributed by atoms with Crippen molar-refractivity contribution in [1.29, 1.82) is 0 Å². The van der Waals surface area contributed by atoms with Crippen LogP contribution in [0.4, 0.5) is 4.79 Å². The number of ether oxygens (including phenoxy) is 5. The van der Waals surface area contributed by atoms with E-state index in [1.54, 1.807) is 26.2 Å². The van der Waals surface area contributed by atoms with Crippen LogP contribution in [0.5, 0.6) is 0 Å². The second-order valence-corrected chi connectivity index (χ2v) is 12.3. The molecule has 1 amide bonds. The minimum Gasteiger partial charge on any atom is -0.456 e. The number of hydrogen-bond donors (Lipinski definition) is 1. The molecule has 0 aromatic carbocycles. The summed E-state index contributed by atoms with van der Waals surface area (Å²) >= 11 is 0. The number of cyclic esters (lactones) is 1. The Morgan fingerprint density at radius 2 is 1.98 bits per heavy atom. The van der Waals surface area contributed by atoms with Crippen LogP contribution in [0.25, 0.3) is 0 Å². The molecule has 42 heavy (non-hydrogen) atoms. The van der Waals surface area contributed by atoms with Crippen LogP contribution in [0.2, 0.25) is 0 Å². The van der Waals surface area contributed by atoms with Gasteiger partial charge in [-0.3, -0.25) is 0 Å². The van der Waals surface area contributed by atoms with Crippen molar-refractivity contribution >= 4 is 12.1 Å². The van der Waals surface area contributed by atoms with Gasteiger partial charge in [-0.05, 0) is 44.9 Å². The normalized spacial score (nSPS) is 36.1. The predicted octanol–water partition coefficient (Wildman–Crippen LogP) is 4.81. The van der Waals surface area contributed by atoms with Crippen LogP contribution >= 0.6 is 0 Å². The van der Waals surface area contributed by atoms with Gasteiger partial charge in [-0.25, -0.2) is 9.59 Å². The molecule has 4 aliphatic rings. The maximum atomic E-state index is 12.8. The zero-order chi connectivity index (χ0) is 30.2. The van der Waals surface area contributed by atoms with Gasteiger partial charge in [0, 0.05) is 33.0 Å². The molecule has 4 rings (SSSR count). The number of aliphatic hydroxyl groups excluding tert-OH is 1. The summed E-state index contributed by atoms with van der Waals surface area (Å²) in [6.07, 6.45) is 13.4. The molecule has 4 aliphatic heterocycles. The Morgan fingerprint density at radius 3 is 2.74 bits per heavy atom. The van der Waals surface area contributed by atoms with E-state index < -0.39 is 36.5 Å². The molecule has 1 saturated heterocycles. The first-order valence-corrected chi connectivity index (χ1v) is 15.1. The highest BCUT2D eigenvalue weighted by Gasteiger charge is 2.49. The highest BCUT2D eigenvalue weighted by Crippen LogP contribution is 2.36. The molecule has 232 valence electrons. The van der Waals surface area contributed by atoms with E-state index in [4.69, 9.17) is 23.7 Å². The molecular weight excluding hydrogens is 538 g/mol. The number of esters is 1. The third-order valence-electron chi connectivity index (χ3n) is 8.04. The summed E-state index contributed by atoms with van der Waals surface area (Å²) in [6, 6.07) is 0. The summed E-state index contributed by atoms with van der Waals surface area (Å²) in [6.45, 7) is 9.05. The lowest BCUT2D eigenvalue weighted by Gasteiger charge is -2.28. The van der Waals surface area contributed by atoms with Gasteiger partial charge in [-0.15, -0.1) is 0 Å². The summed E-state index contributed by atoms with van der Waals surface area (Å²) in [5.41, 5.74) is 2.20. The molecule has 4 heterocycles. The minimum atomic E-state index is -1.07. The van der Waals surface area contributed by atoms with Gasteiger partial charge in [0.25, 0.3) is 0 Å². The predicted molar refractivity (Wildman–Crippen MR) is 159 cm³/mol.